The van der Waals surface area contributed by atoms with Gasteiger partial charge in [-0.05, 0) is 55.8 Å². The smallest absolute Gasteiger partial charge is 0.370 e. The summed E-state index contributed by atoms with van der Waals surface area (Å²) in [6.45, 7) is 4.90. The number of benzene rings is 1. The molecule has 0 aliphatic carbocycles. The van der Waals surface area contributed by atoms with Gasteiger partial charge in [-0.3, -0.25) is 9.48 Å². The van der Waals surface area contributed by atoms with Gasteiger partial charge in [0.15, 0.2) is 0 Å². The molecule has 1 N–H and O–H groups in total. The predicted molar refractivity (Wildman–Crippen MR) is 107 cm³/mol. The molecule has 4 rings (SSSR count). The number of fused-ring (bicyclic) bond motifs is 1. The number of hydrogen-bond donors (Lipinski definition) is 1. The summed E-state index contributed by atoms with van der Waals surface area (Å²) in [5.74, 6) is 0.382. The highest BCUT2D eigenvalue weighted by atomic mass is 19.4. The lowest BCUT2D eigenvalue weighted by atomic mass is 10.0. The number of anilines is 2. The second-order valence-corrected chi connectivity index (χ2v) is 7.12. The van der Waals surface area contributed by atoms with Crippen LogP contribution < -0.4 is 10.2 Å². The molecule has 1 aliphatic rings. The van der Waals surface area contributed by atoms with E-state index in [1.54, 1.807) is 23.1 Å². The Morgan fingerprint density at radius 3 is 2.60 bits per heavy atom. The molecule has 9 heteroatoms. The summed E-state index contributed by atoms with van der Waals surface area (Å²) in [5.41, 5.74) is 1.52. The van der Waals surface area contributed by atoms with Gasteiger partial charge in [-0.2, -0.15) is 18.3 Å². The molecule has 1 aliphatic heterocycles. The minimum Gasteiger partial charge on any atom is -0.370 e. The Hall–Kier alpha value is -3.36. The predicted octanol–water partition coefficient (Wildman–Crippen LogP) is 4.62. The van der Waals surface area contributed by atoms with Crippen LogP contribution in [0.3, 0.4) is 0 Å². The summed E-state index contributed by atoms with van der Waals surface area (Å²) < 4.78 is 40.3. The molecule has 6 nitrogen and oxygen atoms in total. The van der Waals surface area contributed by atoms with Crippen LogP contribution in [0, 0.1) is 0 Å². The SMILES string of the molecule is CCNc1cc(-c2cnn3c2C(=O)N(c2ccc(C(F)(F)F)cc2)CC3C)ccn1. The first-order chi connectivity index (χ1) is 14.3. The molecule has 2 aromatic heterocycles. The number of pyridine rings is 1. The number of hydrogen-bond acceptors (Lipinski definition) is 4. The van der Waals surface area contributed by atoms with Crippen LogP contribution in [0.15, 0.2) is 48.8 Å². The normalized spacial score (nSPS) is 16.5. The van der Waals surface area contributed by atoms with Gasteiger partial charge in [0.1, 0.15) is 11.5 Å². The lowest BCUT2D eigenvalue weighted by molar-refractivity contribution is -0.137. The van der Waals surface area contributed by atoms with E-state index in [0.717, 1.165) is 17.7 Å². The number of carbonyl (C=O) groups excluding carboxylic acids is 1. The number of nitrogens with zero attached hydrogens (tertiary/aromatic N) is 4. The first-order valence-corrected chi connectivity index (χ1v) is 9.56. The number of halogens is 3. The van der Waals surface area contributed by atoms with Crippen LogP contribution in [-0.4, -0.2) is 33.8 Å². The highest BCUT2D eigenvalue weighted by molar-refractivity contribution is 6.09. The summed E-state index contributed by atoms with van der Waals surface area (Å²) in [6.07, 6.45) is -1.12. The lowest BCUT2D eigenvalue weighted by Gasteiger charge is -2.32. The van der Waals surface area contributed by atoms with Crippen molar-refractivity contribution < 1.29 is 18.0 Å². The number of aromatic nitrogens is 3. The van der Waals surface area contributed by atoms with Crippen molar-refractivity contribution in [2.24, 2.45) is 0 Å². The molecule has 1 aromatic carbocycles. The van der Waals surface area contributed by atoms with Gasteiger partial charge in [0.05, 0.1) is 17.8 Å². The molecule has 1 unspecified atom stereocenters. The Labute approximate surface area is 171 Å². The fourth-order valence-corrected chi connectivity index (χ4v) is 3.60. The van der Waals surface area contributed by atoms with Crippen molar-refractivity contribution in [2.45, 2.75) is 26.1 Å². The standard InChI is InChI=1S/C21H20F3N5O/c1-3-25-18-10-14(8-9-26-18)17-11-27-29-13(2)12-28(20(30)19(17)29)16-6-4-15(5-7-16)21(22,23)24/h4-11,13H,3,12H2,1-2H3,(H,25,26). The van der Waals surface area contributed by atoms with Crippen LogP contribution in [0.5, 0.6) is 0 Å². The Balaban J connectivity index is 1.72. The summed E-state index contributed by atoms with van der Waals surface area (Å²) in [4.78, 5) is 19.1. The fourth-order valence-electron chi connectivity index (χ4n) is 3.60. The largest absolute Gasteiger partial charge is 0.416 e. The van der Waals surface area contributed by atoms with E-state index in [1.165, 1.54) is 17.0 Å². The molecular weight excluding hydrogens is 395 g/mol. The average molecular weight is 415 g/mol. The first kappa shape index (κ1) is 19.9. The Morgan fingerprint density at radius 2 is 1.93 bits per heavy atom. The topological polar surface area (TPSA) is 63.1 Å². The quantitative estimate of drug-likeness (QED) is 0.676. The van der Waals surface area contributed by atoms with E-state index in [9.17, 15) is 18.0 Å². The number of amides is 1. The van der Waals surface area contributed by atoms with Crippen molar-refractivity contribution in [2.75, 3.05) is 23.3 Å². The van der Waals surface area contributed by atoms with Crippen molar-refractivity contribution >= 4 is 17.4 Å². The zero-order valence-corrected chi connectivity index (χ0v) is 16.4. The van der Waals surface area contributed by atoms with Crippen LogP contribution in [0.1, 0.15) is 35.9 Å². The third-order valence-electron chi connectivity index (χ3n) is 5.04. The molecule has 3 aromatic rings. The van der Waals surface area contributed by atoms with E-state index < -0.39 is 11.7 Å². The average Bonchev–Trinajstić information content (AvgIpc) is 3.17. The number of nitrogens with one attached hydrogen (secondary N) is 1. The van der Waals surface area contributed by atoms with E-state index in [4.69, 9.17) is 0 Å². The Bertz CT molecular complexity index is 1070. The molecule has 1 amide bonds. The molecule has 0 saturated heterocycles. The van der Waals surface area contributed by atoms with Gasteiger partial charge in [-0.1, -0.05) is 0 Å². The molecule has 0 bridgehead atoms. The lowest BCUT2D eigenvalue weighted by Crippen LogP contribution is -2.42. The minimum atomic E-state index is -4.42. The highest BCUT2D eigenvalue weighted by Gasteiger charge is 2.35. The van der Waals surface area contributed by atoms with Crippen molar-refractivity contribution in [1.82, 2.24) is 14.8 Å². The molecule has 0 spiro atoms. The molecule has 0 fully saturated rings. The van der Waals surface area contributed by atoms with E-state index in [2.05, 4.69) is 15.4 Å². The maximum absolute atomic E-state index is 13.3. The molecular formula is C21H20F3N5O. The van der Waals surface area contributed by atoms with Crippen molar-refractivity contribution in [3.8, 4) is 11.1 Å². The summed E-state index contributed by atoms with van der Waals surface area (Å²) in [7, 11) is 0. The van der Waals surface area contributed by atoms with E-state index in [1.807, 2.05) is 19.9 Å². The molecule has 30 heavy (non-hydrogen) atoms. The van der Waals surface area contributed by atoms with Gasteiger partial charge >= 0.3 is 6.18 Å². The summed E-state index contributed by atoms with van der Waals surface area (Å²) in [5, 5.41) is 7.53. The third-order valence-corrected chi connectivity index (χ3v) is 5.04. The minimum absolute atomic E-state index is 0.135. The number of alkyl halides is 3. The monoisotopic (exact) mass is 415 g/mol. The number of carbonyl (C=O) groups is 1. The van der Waals surface area contributed by atoms with Crippen molar-refractivity contribution in [1.29, 1.82) is 0 Å². The second-order valence-electron chi connectivity index (χ2n) is 7.12. The van der Waals surface area contributed by atoms with Crippen LogP contribution in [-0.2, 0) is 6.18 Å². The van der Waals surface area contributed by atoms with Crippen LogP contribution >= 0.6 is 0 Å². The maximum atomic E-state index is 13.3. The summed E-state index contributed by atoms with van der Waals surface area (Å²) in [6, 6.07) is 8.15. The van der Waals surface area contributed by atoms with Gasteiger partial charge in [-0.15, -0.1) is 0 Å². The molecule has 0 radical (unpaired) electrons. The molecule has 1 atom stereocenters. The summed E-state index contributed by atoms with van der Waals surface area (Å²) >= 11 is 0. The molecule has 3 heterocycles. The molecule has 156 valence electrons. The Morgan fingerprint density at radius 1 is 1.20 bits per heavy atom. The molecule has 0 saturated carbocycles. The van der Waals surface area contributed by atoms with E-state index in [-0.39, 0.29) is 11.9 Å². The van der Waals surface area contributed by atoms with Crippen LogP contribution in [0.2, 0.25) is 0 Å². The van der Waals surface area contributed by atoms with Crippen molar-refractivity contribution in [3.05, 3.63) is 60.0 Å². The van der Waals surface area contributed by atoms with Crippen molar-refractivity contribution in [3.63, 3.8) is 0 Å². The third kappa shape index (κ3) is 3.51. The Kier molecular flexibility index (Phi) is 4.97. The number of rotatable bonds is 4. The maximum Gasteiger partial charge on any atom is 0.416 e. The van der Waals surface area contributed by atoms with Crippen LogP contribution in [0.25, 0.3) is 11.1 Å². The van der Waals surface area contributed by atoms with Gasteiger partial charge in [0, 0.05) is 30.5 Å². The van der Waals surface area contributed by atoms with Gasteiger partial charge in [0.25, 0.3) is 5.91 Å². The zero-order chi connectivity index (χ0) is 21.5. The van der Waals surface area contributed by atoms with E-state index in [0.29, 0.717) is 35.9 Å². The van der Waals surface area contributed by atoms with Gasteiger partial charge in [0.2, 0.25) is 0 Å². The fraction of sp³-hybridized carbons (Fsp3) is 0.286. The van der Waals surface area contributed by atoms with Gasteiger partial charge < -0.3 is 10.2 Å². The zero-order valence-electron chi connectivity index (χ0n) is 16.4. The first-order valence-electron chi connectivity index (χ1n) is 9.56. The van der Waals surface area contributed by atoms with Crippen LogP contribution in [0.4, 0.5) is 24.7 Å². The second kappa shape index (κ2) is 7.47. The van der Waals surface area contributed by atoms with E-state index >= 15 is 0 Å². The van der Waals surface area contributed by atoms with Gasteiger partial charge in [-0.25, -0.2) is 4.98 Å². The highest BCUT2D eigenvalue weighted by Crippen LogP contribution is 2.35.